The van der Waals surface area contributed by atoms with E-state index in [0.29, 0.717) is 12.2 Å². The molecule has 72 heavy (non-hydrogen) atoms. The molecule has 0 saturated heterocycles. The van der Waals surface area contributed by atoms with Crippen LogP contribution in [0.1, 0.15) is 30.9 Å². The number of fused-ring (bicyclic) bond motifs is 1. The number of nitrogens with zero attached hydrogens (tertiary/aromatic N) is 1. The standard InChI is InChI=1S/C47H60N2O21S2/c1-27-22-29-35-40-36(45(54)44(29)49-26-72(58,59)70-21-19-68-17-15-66-13-11-64-9-7-51)30(52)23-32(60-3)38(40)39-33(61-4)24-31(53)37-42(39)41(35)43(47(62-5)46(37)55)34(27)28(2)48-25-71(56,57)69-20-18-67-16-14-65-12-10-63-8-6-50/h22-24,34,49-51,54-55H,6-21,25-26H2,1-5H3. The van der Waals surface area contributed by atoms with Gasteiger partial charge in [-0.1, -0.05) is 11.6 Å². The SMILES string of the molecule is COc1c(O)c2c(=O)cc(OC)c3c4c(OC)cc(=O)c5c(O)c(NCS(=O)(=O)OCCOCCOCCOCCO)c6c(c(c1C(C(C)=NCS(=O)(=O)OCCOCCOCCOCCO)C(C)=C6)c23)c54. The first kappa shape index (κ1) is 56.0. The van der Waals surface area contributed by atoms with Gasteiger partial charge in [0.25, 0.3) is 20.2 Å². The van der Waals surface area contributed by atoms with Gasteiger partial charge in [0.2, 0.25) is 0 Å². The number of allylic oxidation sites excluding steroid dienone is 1. The second-order valence-electron chi connectivity index (χ2n) is 16.0. The zero-order valence-corrected chi connectivity index (χ0v) is 42.2. The predicted octanol–water partition coefficient (Wildman–Crippen LogP) is 2.40. The van der Waals surface area contributed by atoms with E-state index in [4.69, 9.17) is 61.2 Å². The molecule has 5 aromatic carbocycles. The topological polar surface area (TPSA) is 309 Å². The van der Waals surface area contributed by atoms with E-state index in [9.17, 15) is 36.6 Å². The van der Waals surface area contributed by atoms with Gasteiger partial charge < -0.3 is 68.4 Å². The summed E-state index contributed by atoms with van der Waals surface area (Å²) in [4.78, 5) is 32.8. The molecule has 0 fully saturated rings. The lowest BCUT2D eigenvalue weighted by Gasteiger charge is -2.26. The minimum atomic E-state index is -4.42. The van der Waals surface area contributed by atoms with Gasteiger partial charge in [0.05, 0.1) is 143 Å². The third-order valence-corrected chi connectivity index (χ3v) is 13.5. The maximum absolute atomic E-state index is 14.2. The number of aliphatic hydroxyl groups is 2. The van der Waals surface area contributed by atoms with Crippen LogP contribution in [0.4, 0.5) is 5.69 Å². The molecule has 1 unspecified atom stereocenters. The van der Waals surface area contributed by atoms with Crippen LogP contribution in [0.3, 0.4) is 0 Å². The lowest BCUT2D eigenvalue weighted by Crippen LogP contribution is -2.20. The number of ether oxygens (including phenoxy) is 9. The lowest BCUT2D eigenvalue weighted by atomic mass is 9.80. The molecule has 0 amide bonds. The Hall–Kier alpha value is -5.29. The number of aromatic hydroxyl groups is 2. The summed E-state index contributed by atoms with van der Waals surface area (Å²) in [5.74, 6) is -4.18. The van der Waals surface area contributed by atoms with Crippen LogP contribution >= 0.6 is 0 Å². The Kier molecular flexibility index (Phi) is 19.9. The molecule has 1 atom stereocenters. The quantitative estimate of drug-likeness (QED) is 0.0101. The Labute approximate surface area is 414 Å². The summed E-state index contributed by atoms with van der Waals surface area (Å²) in [6.45, 7) is 4.27. The molecule has 0 aliphatic heterocycles. The highest BCUT2D eigenvalue weighted by atomic mass is 32.2. The first-order valence-corrected chi connectivity index (χ1v) is 25.8. The maximum atomic E-state index is 14.2. The van der Waals surface area contributed by atoms with Crippen molar-refractivity contribution in [1.82, 2.24) is 0 Å². The van der Waals surface area contributed by atoms with E-state index >= 15 is 0 Å². The molecule has 0 bridgehead atoms. The highest BCUT2D eigenvalue weighted by Gasteiger charge is 2.37. The molecule has 1 aliphatic rings. The molecule has 1 aliphatic carbocycles. The maximum Gasteiger partial charge on any atom is 0.287 e. The highest BCUT2D eigenvalue weighted by Crippen LogP contribution is 2.58. The van der Waals surface area contributed by atoms with E-state index in [0.717, 1.165) is 12.1 Å². The number of benzene rings is 5. The summed E-state index contributed by atoms with van der Waals surface area (Å²) in [6.07, 6.45) is 1.59. The number of aliphatic hydroxyl groups excluding tert-OH is 2. The molecule has 0 heterocycles. The van der Waals surface area contributed by atoms with Crippen LogP contribution in [0.25, 0.3) is 49.2 Å². The van der Waals surface area contributed by atoms with Gasteiger partial charge in [-0.3, -0.25) is 22.9 Å². The normalized spacial score (nSPS) is 14.3. The predicted molar refractivity (Wildman–Crippen MR) is 266 cm³/mol. The fourth-order valence-electron chi connectivity index (χ4n) is 8.63. The number of phenolic OH excluding ortho intramolecular Hbond substituents is 2. The van der Waals surface area contributed by atoms with Crippen molar-refractivity contribution < 1.29 is 88.3 Å². The van der Waals surface area contributed by atoms with Gasteiger partial charge in [0.1, 0.15) is 17.4 Å². The molecule has 25 heteroatoms. The van der Waals surface area contributed by atoms with Gasteiger partial charge in [-0.25, -0.2) is 0 Å². The first-order chi connectivity index (χ1) is 34.6. The molecular weight excluding hydrogens is 993 g/mol. The number of hydrogen-bond donors (Lipinski definition) is 5. The lowest BCUT2D eigenvalue weighted by molar-refractivity contribution is 0.00389. The number of phenols is 2. The van der Waals surface area contributed by atoms with E-state index in [1.165, 1.54) is 21.3 Å². The van der Waals surface area contributed by atoms with Gasteiger partial charge >= 0.3 is 0 Å². The summed E-state index contributed by atoms with van der Waals surface area (Å²) >= 11 is 0. The fourth-order valence-corrected chi connectivity index (χ4v) is 10.1. The van der Waals surface area contributed by atoms with E-state index in [1.807, 2.05) is 0 Å². The summed E-state index contributed by atoms with van der Waals surface area (Å²) in [6, 6.07) is 2.30. The molecule has 0 saturated carbocycles. The molecule has 396 valence electrons. The average molecular weight is 1050 g/mol. The molecule has 5 aromatic rings. The van der Waals surface area contributed by atoms with Gasteiger partial charge in [-0.2, -0.15) is 16.8 Å². The van der Waals surface area contributed by atoms with Gasteiger partial charge in [0, 0.05) is 61.8 Å². The van der Waals surface area contributed by atoms with Crippen LogP contribution in [0.2, 0.25) is 0 Å². The van der Waals surface area contributed by atoms with Crippen molar-refractivity contribution in [2.75, 3.05) is 144 Å². The minimum absolute atomic E-state index is 0.0226. The van der Waals surface area contributed by atoms with Crippen molar-refractivity contribution in [2.24, 2.45) is 4.99 Å². The van der Waals surface area contributed by atoms with Crippen LogP contribution in [0.15, 0.2) is 32.3 Å². The van der Waals surface area contributed by atoms with E-state index in [2.05, 4.69) is 10.3 Å². The smallest absolute Gasteiger partial charge is 0.287 e. The summed E-state index contributed by atoms with van der Waals surface area (Å²) < 4.78 is 113. The molecule has 0 aromatic heterocycles. The Morgan fingerprint density at radius 3 is 1.50 bits per heavy atom. The second-order valence-corrected chi connectivity index (χ2v) is 19.3. The van der Waals surface area contributed by atoms with Crippen molar-refractivity contribution >= 4 is 80.8 Å². The van der Waals surface area contributed by atoms with Crippen LogP contribution in [0, 0.1) is 0 Å². The van der Waals surface area contributed by atoms with Crippen molar-refractivity contribution in [1.29, 1.82) is 0 Å². The zero-order valence-electron chi connectivity index (χ0n) is 40.5. The number of hydrogen-bond acceptors (Lipinski definition) is 23. The van der Waals surface area contributed by atoms with Crippen LogP contribution in [0.5, 0.6) is 28.7 Å². The number of aliphatic imine (C=N–C) groups is 1. The second kappa shape index (κ2) is 25.6. The van der Waals surface area contributed by atoms with E-state index < -0.39 is 60.3 Å². The Morgan fingerprint density at radius 1 is 0.583 bits per heavy atom. The van der Waals surface area contributed by atoms with Gasteiger partial charge in [-0.15, -0.1) is 0 Å². The van der Waals surface area contributed by atoms with Crippen LogP contribution in [-0.4, -0.2) is 182 Å². The van der Waals surface area contributed by atoms with E-state index in [-0.39, 0.29) is 182 Å². The van der Waals surface area contributed by atoms with Crippen molar-refractivity contribution in [3.63, 3.8) is 0 Å². The van der Waals surface area contributed by atoms with Gasteiger partial charge in [0.15, 0.2) is 34.0 Å². The van der Waals surface area contributed by atoms with Crippen molar-refractivity contribution in [3.05, 3.63) is 49.3 Å². The average Bonchev–Trinajstić information content (AvgIpc) is 3.47. The van der Waals surface area contributed by atoms with Crippen LogP contribution in [-0.2, 0) is 57.0 Å². The van der Waals surface area contributed by atoms with E-state index in [1.54, 1.807) is 19.9 Å². The third-order valence-electron chi connectivity index (χ3n) is 11.5. The molecular formula is C47H60N2O21S2. The minimum Gasteiger partial charge on any atom is -0.505 e. The molecule has 0 radical (unpaired) electrons. The largest absolute Gasteiger partial charge is 0.505 e. The molecule has 6 rings (SSSR count). The number of anilines is 1. The van der Waals surface area contributed by atoms with Gasteiger partial charge in [-0.05, 0) is 19.2 Å². The zero-order chi connectivity index (χ0) is 52.2. The molecule has 0 spiro atoms. The molecule has 23 nitrogen and oxygen atoms in total. The monoisotopic (exact) mass is 1050 g/mol. The Balaban J connectivity index is 1.41. The van der Waals surface area contributed by atoms with Crippen molar-refractivity contribution in [2.45, 2.75) is 19.8 Å². The number of rotatable bonds is 33. The van der Waals surface area contributed by atoms with Crippen molar-refractivity contribution in [3.8, 4) is 28.7 Å². The number of nitrogens with one attached hydrogen (secondary N) is 1. The summed E-state index contributed by atoms with van der Waals surface area (Å²) in [5, 5.41) is 45.3. The highest BCUT2D eigenvalue weighted by molar-refractivity contribution is 7.87. The molecule has 5 N–H and O–H groups in total. The fraction of sp³-hybridized carbons (Fsp3) is 0.511. The Morgan fingerprint density at radius 2 is 1.03 bits per heavy atom. The number of methoxy groups -OCH3 is 3. The van der Waals surface area contributed by atoms with Crippen LogP contribution < -0.4 is 30.4 Å². The first-order valence-electron chi connectivity index (χ1n) is 22.7. The summed E-state index contributed by atoms with van der Waals surface area (Å²) in [7, 11) is -4.82. The third kappa shape index (κ3) is 12.5. The Bertz CT molecular complexity index is 3090. The summed E-state index contributed by atoms with van der Waals surface area (Å²) in [5.41, 5.74) is -0.730.